The first-order valence-corrected chi connectivity index (χ1v) is 34.0. The van der Waals surface area contributed by atoms with E-state index in [9.17, 15) is 89.0 Å². The first-order valence-electron chi connectivity index (χ1n) is 32.4. The number of carbonyl (C=O) groups is 7. The molecule has 5 rings (SSSR count). The third-order valence-electron chi connectivity index (χ3n) is 16.3. The highest BCUT2D eigenvalue weighted by Gasteiger charge is 2.48. The van der Waals surface area contributed by atoms with Crippen molar-refractivity contribution in [2.45, 2.75) is 183 Å². The van der Waals surface area contributed by atoms with E-state index in [1.807, 2.05) is 0 Å². The average molecular weight is 1410 g/mol. The maximum Gasteiger partial charge on any atom is 0.330 e. The molecule has 1 aromatic carbocycles. The molecule has 1 aliphatic carbocycles. The van der Waals surface area contributed by atoms with Gasteiger partial charge in [0.25, 0.3) is 0 Å². The Bertz CT molecular complexity index is 2560. The molecule has 554 valence electrons. The Hall–Kier alpha value is -5.10. The van der Waals surface area contributed by atoms with Gasteiger partial charge in [0.15, 0.2) is 18.9 Å². The number of carbonyl (C=O) groups excluding carboxylic acids is 7. The van der Waals surface area contributed by atoms with E-state index in [0.717, 1.165) is 0 Å². The van der Waals surface area contributed by atoms with E-state index in [0.29, 0.717) is 36.8 Å². The van der Waals surface area contributed by atoms with Gasteiger partial charge in [0, 0.05) is 52.9 Å². The molecule has 0 radical (unpaired) electrons. The fourth-order valence-corrected chi connectivity index (χ4v) is 11.8. The first-order chi connectivity index (χ1) is 46.2. The fraction of sp³-hybridized carbons (Fsp3) is 0.783. The highest BCUT2D eigenvalue weighted by atomic mass is 31.2. The van der Waals surface area contributed by atoms with Gasteiger partial charge in [0.2, 0.25) is 41.4 Å². The van der Waals surface area contributed by atoms with Crippen LogP contribution in [0.15, 0.2) is 24.3 Å². The van der Waals surface area contributed by atoms with Gasteiger partial charge in [-0.05, 0) is 43.2 Å². The number of amides is 7. The highest BCUT2D eigenvalue weighted by molar-refractivity contribution is 7.53. The third-order valence-corrected chi connectivity index (χ3v) is 18.2. The molecular formula is C60H101N8O28P. The largest absolute Gasteiger partial charge is 0.394 e. The number of hydrogen-bond acceptors (Lipinski definition) is 28. The molecular weight excluding hydrogens is 1310 g/mol. The number of aliphatic hydroxyl groups is 9. The Balaban J connectivity index is 1.26. The SMILES string of the molecule is CC(=O)NC1C(OCCOCCNC(=O)CN(CC(=O)NCCOCCOC2OC(CO)C(O)C(O)C2NC(C)=O)C(Cc2ccc(CNC(=O)[C@H]3CC[C@@H](OP(=O)(O)C(C)C)CC3)cc2)C(=O)NCCOCCOC2OC(CO)C(O)C(O)C2NC(C)=O)OC(CO)C(O)C1O. The van der Waals surface area contributed by atoms with Crippen molar-refractivity contribution < 1.29 is 136 Å². The van der Waals surface area contributed by atoms with Crippen molar-refractivity contribution in [1.29, 1.82) is 0 Å². The number of benzene rings is 1. The minimum absolute atomic E-state index is 0.0808. The summed E-state index contributed by atoms with van der Waals surface area (Å²) in [4.78, 5) is 103. The first kappa shape index (κ1) is 82.6. The Labute approximate surface area is 561 Å². The van der Waals surface area contributed by atoms with Crippen LogP contribution in [0.5, 0.6) is 0 Å². The zero-order chi connectivity index (χ0) is 71.4. The summed E-state index contributed by atoms with van der Waals surface area (Å²) in [6, 6.07) is 2.10. The van der Waals surface area contributed by atoms with Gasteiger partial charge in [0.05, 0.1) is 110 Å². The Morgan fingerprint density at radius 3 is 1.26 bits per heavy atom. The molecule has 37 heteroatoms. The van der Waals surface area contributed by atoms with E-state index in [1.54, 1.807) is 38.1 Å². The summed E-state index contributed by atoms with van der Waals surface area (Å²) in [5, 5.41) is 110. The molecule has 36 nitrogen and oxygen atoms in total. The number of aliphatic hydroxyl groups excluding tert-OH is 9. The lowest BCUT2D eigenvalue weighted by molar-refractivity contribution is -0.272. The highest BCUT2D eigenvalue weighted by Crippen LogP contribution is 2.50. The Morgan fingerprint density at radius 1 is 0.526 bits per heavy atom. The van der Waals surface area contributed by atoms with Gasteiger partial charge in [0.1, 0.15) is 73.1 Å². The van der Waals surface area contributed by atoms with Crippen LogP contribution in [-0.2, 0) is 98.2 Å². The summed E-state index contributed by atoms with van der Waals surface area (Å²) >= 11 is 0. The lowest BCUT2D eigenvalue weighted by Crippen LogP contribution is -2.64. The van der Waals surface area contributed by atoms with Crippen LogP contribution in [-0.4, -0.2) is 319 Å². The lowest BCUT2D eigenvalue weighted by Gasteiger charge is -2.42. The van der Waals surface area contributed by atoms with Crippen LogP contribution < -0.4 is 37.2 Å². The van der Waals surface area contributed by atoms with Crippen molar-refractivity contribution in [1.82, 2.24) is 42.1 Å². The smallest absolute Gasteiger partial charge is 0.330 e. The molecule has 3 saturated heterocycles. The van der Waals surface area contributed by atoms with Crippen molar-refractivity contribution >= 4 is 48.9 Å². The summed E-state index contributed by atoms with van der Waals surface area (Å²) < 4.78 is 68.8. The second-order valence-electron chi connectivity index (χ2n) is 24.1. The molecule has 17 atom stereocenters. The van der Waals surface area contributed by atoms with Gasteiger partial charge >= 0.3 is 7.60 Å². The zero-order valence-corrected chi connectivity index (χ0v) is 56.2. The standard InChI is InChI=1S/C60H101N8O28P/c1-33(2)97(85,86)96-40-12-10-39(11-13-40)56(83)64-27-38-8-6-37(7-9-38)26-41(57(84)63-16-19-89-22-25-92-60-49(67-36(5)74)55(82)52(79)44(32-71)95-60)68(28-45(75)61-14-17-87-20-23-90-58-47(65-34(3)72)53(80)50(77)42(30-69)93-58)29-46(76)62-15-18-88-21-24-91-59-48(66-35(4)73)54(81)51(78)43(31-70)94-59/h6-9,33,39-44,47-55,58-60,69-71,77-82H,10-32H2,1-5H3,(H,61,75)(H,62,76)(H,63,84)(H,64,83)(H,65,72)(H,66,73)(H,67,74)(H,85,86)/t39-,40+,41?,42?,43?,44?,47?,48?,49?,50?,51?,52?,53?,54?,55?,58?,59?,60?. The van der Waals surface area contributed by atoms with Crippen molar-refractivity contribution in [2.75, 3.05) is 112 Å². The molecule has 3 heterocycles. The molecule has 0 bridgehead atoms. The molecule has 0 aromatic heterocycles. The van der Waals surface area contributed by atoms with Gasteiger partial charge in [-0.3, -0.25) is 43.0 Å². The van der Waals surface area contributed by atoms with E-state index >= 15 is 0 Å². The van der Waals surface area contributed by atoms with Crippen LogP contribution in [0.1, 0.15) is 71.4 Å². The zero-order valence-electron chi connectivity index (χ0n) is 55.3. The summed E-state index contributed by atoms with van der Waals surface area (Å²) in [6.07, 6.45) is -15.4. The maximum absolute atomic E-state index is 14.5. The molecule has 17 N–H and O–H groups in total. The van der Waals surface area contributed by atoms with E-state index < -0.39 is 186 Å². The number of ether oxygens (including phenoxy) is 9. The topological polar surface area (TPSA) is 519 Å². The summed E-state index contributed by atoms with van der Waals surface area (Å²) in [6.45, 7) is 2.58. The fourth-order valence-electron chi connectivity index (χ4n) is 11.0. The molecule has 4 aliphatic rings. The van der Waals surface area contributed by atoms with E-state index in [4.69, 9.17) is 47.2 Å². The number of nitrogens with zero attached hydrogens (tertiary/aromatic N) is 1. The third kappa shape index (κ3) is 27.1. The van der Waals surface area contributed by atoms with Crippen LogP contribution in [0.2, 0.25) is 0 Å². The second kappa shape index (κ2) is 42.2. The summed E-state index contributed by atoms with van der Waals surface area (Å²) in [5.41, 5.74) is 0.709. The van der Waals surface area contributed by atoms with Gasteiger partial charge in [-0.1, -0.05) is 38.1 Å². The van der Waals surface area contributed by atoms with Crippen LogP contribution in [0.3, 0.4) is 0 Å². The van der Waals surface area contributed by atoms with Crippen LogP contribution in [0.25, 0.3) is 0 Å². The molecule has 1 saturated carbocycles. The predicted octanol–water partition coefficient (Wildman–Crippen LogP) is -7.04. The molecule has 0 spiro atoms. The van der Waals surface area contributed by atoms with Gasteiger partial charge in [-0.15, -0.1) is 0 Å². The quantitative estimate of drug-likeness (QED) is 0.0214. The molecule has 97 heavy (non-hydrogen) atoms. The van der Waals surface area contributed by atoms with Crippen molar-refractivity contribution in [3.63, 3.8) is 0 Å². The van der Waals surface area contributed by atoms with E-state index in [-0.39, 0.29) is 104 Å². The Morgan fingerprint density at radius 2 is 0.897 bits per heavy atom. The summed E-state index contributed by atoms with van der Waals surface area (Å²) in [5.74, 6) is -4.11. The normalized spacial score (nSPS) is 29.2. The van der Waals surface area contributed by atoms with Crippen molar-refractivity contribution in [3.05, 3.63) is 35.4 Å². The number of rotatable bonds is 41. The van der Waals surface area contributed by atoms with E-state index in [2.05, 4.69) is 37.2 Å². The van der Waals surface area contributed by atoms with Crippen molar-refractivity contribution in [3.8, 4) is 0 Å². The minimum Gasteiger partial charge on any atom is -0.394 e. The molecule has 1 aromatic rings. The molecule has 17 unspecified atom stereocenters. The maximum atomic E-state index is 14.5. The van der Waals surface area contributed by atoms with Crippen molar-refractivity contribution in [2.24, 2.45) is 5.92 Å². The van der Waals surface area contributed by atoms with Crippen LogP contribution in [0.4, 0.5) is 0 Å². The predicted molar refractivity (Wildman–Crippen MR) is 335 cm³/mol. The number of hydrogen-bond donors (Lipinski definition) is 17. The average Bonchev–Trinajstić information content (AvgIpc) is 0.831. The lowest BCUT2D eigenvalue weighted by atomic mass is 9.87. The van der Waals surface area contributed by atoms with Crippen LogP contribution in [0, 0.1) is 5.92 Å². The Kier molecular flexibility index (Phi) is 35.9. The molecule has 4 fully saturated rings. The van der Waals surface area contributed by atoms with Gasteiger partial charge in [-0.2, -0.15) is 0 Å². The van der Waals surface area contributed by atoms with E-state index in [1.165, 1.54) is 25.7 Å². The number of nitrogens with one attached hydrogen (secondary N) is 7. The van der Waals surface area contributed by atoms with Gasteiger partial charge in [-0.25, -0.2) is 0 Å². The monoisotopic (exact) mass is 1410 g/mol. The molecule has 3 aliphatic heterocycles. The molecule has 7 amide bonds. The van der Waals surface area contributed by atoms with Gasteiger partial charge < -0.3 is 135 Å². The second-order valence-corrected chi connectivity index (χ2v) is 26.5. The minimum atomic E-state index is -3.79. The van der Waals surface area contributed by atoms with Crippen LogP contribution >= 0.6 is 7.60 Å². The summed E-state index contributed by atoms with van der Waals surface area (Å²) in [7, 11) is -3.79.